The number of carbonyl (C=O) groups excluding carboxylic acids is 1. The molecule has 1 aromatic heterocycles. The third-order valence-electron chi connectivity index (χ3n) is 3.83. The van der Waals surface area contributed by atoms with E-state index in [1.807, 2.05) is 12.1 Å². The number of rotatable bonds is 4. The molecule has 9 nitrogen and oxygen atoms in total. The minimum Gasteiger partial charge on any atom is -0.409 e. The number of nitriles is 1. The molecule has 3 rings (SSSR count). The van der Waals surface area contributed by atoms with Crippen LogP contribution in [0.1, 0.15) is 31.2 Å². The fourth-order valence-corrected chi connectivity index (χ4v) is 2.49. The fraction of sp³-hybridized carbons (Fsp3) is 0.353. The molecule has 1 amide bonds. The van der Waals surface area contributed by atoms with Crippen molar-refractivity contribution in [1.82, 2.24) is 14.6 Å². The molecular formula is C17H18N6O3. The quantitative estimate of drug-likeness (QED) is 0.616. The number of nitrogens with zero attached hydrogens (tertiary/aromatic N) is 6. The molecule has 1 atom stereocenters. The number of imidazole rings is 1. The number of aromatic nitrogens is 2. The average molecular weight is 354 g/mol. The van der Waals surface area contributed by atoms with E-state index in [1.54, 1.807) is 28.8 Å². The van der Waals surface area contributed by atoms with Gasteiger partial charge in [0.05, 0.1) is 0 Å². The number of benzene rings is 1. The second-order valence-corrected chi connectivity index (χ2v) is 5.65. The Morgan fingerprint density at radius 2 is 2.23 bits per heavy atom. The van der Waals surface area contributed by atoms with E-state index in [0.717, 1.165) is 24.3 Å². The second-order valence-electron chi connectivity index (χ2n) is 5.65. The molecule has 2 heterocycles. The summed E-state index contributed by atoms with van der Waals surface area (Å²) in [5, 5.41) is 18.0. The molecule has 1 aliphatic rings. The van der Waals surface area contributed by atoms with Gasteiger partial charge in [0.2, 0.25) is 0 Å². The van der Waals surface area contributed by atoms with E-state index in [1.165, 1.54) is 13.4 Å². The molecule has 9 heteroatoms. The summed E-state index contributed by atoms with van der Waals surface area (Å²) >= 11 is 0. The SMILES string of the molecule is CN(/N=N/c1c(C#N)ncn1C1CCCCO1)C(=O)Oc1ccccc1. The maximum Gasteiger partial charge on any atom is 0.436 e. The molecule has 0 bridgehead atoms. The van der Waals surface area contributed by atoms with Gasteiger partial charge in [-0.15, -0.1) is 5.11 Å². The van der Waals surface area contributed by atoms with Gasteiger partial charge in [0.25, 0.3) is 0 Å². The van der Waals surface area contributed by atoms with Gasteiger partial charge in [0, 0.05) is 13.7 Å². The van der Waals surface area contributed by atoms with Gasteiger partial charge < -0.3 is 9.47 Å². The molecule has 1 aromatic carbocycles. The van der Waals surface area contributed by atoms with Crippen LogP contribution < -0.4 is 4.74 Å². The molecule has 134 valence electrons. The van der Waals surface area contributed by atoms with Crippen molar-refractivity contribution in [2.45, 2.75) is 25.5 Å². The molecule has 0 saturated carbocycles. The number of carbonyl (C=O) groups is 1. The first-order chi connectivity index (χ1) is 12.7. The largest absolute Gasteiger partial charge is 0.436 e. The summed E-state index contributed by atoms with van der Waals surface area (Å²) in [4.78, 5) is 16.1. The van der Waals surface area contributed by atoms with Gasteiger partial charge in [0.1, 0.15) is 24.4 Å². The topological polar surface area (TPSA) is 105 Å². The van der Waals surface area contributed by atoms with Crippen LogP contribution in [0.5, 0.6) is 5.75 Å². The van der Waals surface area contributed by atoms with Crippen LogP contribution in [0.3, 0.4) is 0 Å². The predicted molar refractivity (Wildman–Crippen MR) is 90.5 cm³/mol. The molecule has 1 unspecified atom stereocenters. The highest BCUT2D eigenvalue weighted by molar-refractivity contribution is 5.69. The van der Waals surface area contributed by atoms with E-state index in [9.17, 15) is 10.1 Å². The van der Waals surface area contributed by atoms with E-state index in [4.69, 9.17) is 9.47 Å². The minimum absolute atomic E-state index is 0.118. The Hall–Kier alpha value is -3.25. The van der Waals surface area contributed by atoms with E-state index < -0.39 is 6.09 Å². The van der Waals surface area contributed by atoms with Crippen LogP contribution >= 0.6 is 0 Å². The summed E-state index contributed by atoms with van der Waals surface area (Å²) in [5.74, 6) is 0.650. The number of ether oxygens (including phenoxy) is 2. The lowest BCUT2D eigenvalue weighted by atomic mass is 10.2. The van der Waals surface area contributed by atoms with Crippen LogP contribution in [-0.2, 0) is 4.74 Å². The molecule has 0 spiro atoms. The van der Waals surface area contributed by atoms with Crippen LogP contribution in [0.4, 0.5) is 10.6 Å². The van der Waals surface area contributed by atoms with E-state index >= 15 is 0 Å². The van der Waals surface area contributed by atoms with Gasteiger partial charge in [-0.1, -0.05) is 23.4 Å². The predicted octanol–water partition coefficient (Wildman–Crippen LogP) is 3.58. The van der Waals surface area contributed by atoms with Crippen LogP contribution in [0.25, 0.3) is 0 Å². The molecule has 1 fully saturated rings. The highest BCUT2D eigenvalue weighted by Crippen LogP contribution is 2.29. The van der Waals surface area contributed by atoms with Crippen molar-refractivity contribution in [3.63, 3.8) is 0 Å². The van der Waals surface area contributed by atoms with E-state index in [2.05, 4.69) is 15.3 Å². The summed E-state index contributed by atoms with van der Waals surface area (Å²) in [6, 6.07) is 10.6. The molecule has 0 radical (unpaired) electrons. The van der Waals surface area contributed by atoms with E-state index in [0.29, 0.717) is 12.4 Å². The zero-order valence-corrected chi connectivity index (χ0v) is 14.3. The Balaban J connectivity index is 1.73. The first-order valence-electron chi connectivity index (χ1n) is 8.20. The molecular weight excluding hydrogens is 336 g/mol. The molecule has 0 aliphatic carbocycles. The smallest absolute Gasteiger partial charge is 0.409 e. The highest BCUT2D eigenvalue weighted by atomic mass is 16.6. The van der Waals surface area contributed by atoms with Gasteiger partial charge in [-0.3, -0.25) is 4.57 Å². The van der Waals surface area contributed by atoms with Crippen LogP contribution in [0, 0.1) is 11.3 Å². The lowest BCUT2D eigenvalue weighted by Crippen LogP contribution is -2.24. The van der Waals surface area contributed by atoms with Gasteiger partial charge in [-0.2, -0.15) is 10.3 Å². The number of amides is 1. The third-order valence-corrected chi connectivity index (χ3v) is 3.83. The highest BCUT2D eigenvalue weighted by Gasteiger charge is 2.21. The zero-order valence-electron chi connectivity index (χ0n) is 14.3. The Morgan fingerprint density at radius 3 is 2.92 bits per heavy atom. The zero-order chi connectivity index (χ0) is 18.4. The first-order valence-corrected chi connectivity index (χ1v) is 8.20. The fourth-order valence-electron chi connectivity index (χ4n) is 2.49. The Bertz CT molecular complexity index is 821. The van der Waals surface area contributed by atoms with Crippen molar-refractivity contribution >= 4 is 11.9 Å². The van der Waals surface area contributed by atoms with Crippen LogP contribution in [0.2, 0.25) is 0 Å². The lowest BCUT2D eigenvalue weighted by molar-refractivity contribution is -0.0310. The summed E-state index contributed by atoms with van der Waals surface area (Å²) in [5.41, 5.74) is 0.118. The molecule has 0 N–H and O–H groups in total. The van der Waals surface area contributed by atoms with Gasteiger partial charge in [-0.25, -0.2) is 9.78 Å². The Labute approximate surface area is 150 Å². The molecule has 26 heavy (non-hydrogen) atoms. The van der Waals surface area contributed by atoms with Crippen molar-refractivity contribution in [2.24, 2.45) is 10.3 Å². The minimum atomic E-state index is -0.696. The van der Waals surface area contributed by atoms with Crippen molar-refractivity contribution in [2.75, 3.05) is 13.7 Å². The van der Waals surface area contributed by atoms with Crippen LogP contribution in [0.15, 0.2) is 47.0 Å². The normalized spacial score (nSPS) is 17.0. The summed E-state index contributed by atoms with van der Waals surface area (Å²) in [6.45, 7) is 0.643. The van der Waals surface area contributed by atoms with Crippen molar-refractivity contribution in [3.05, 3.63) is 42.4 Å². The standard InChI is InChI=1S/C17H18N6O3/c1-22(17(24)26-13-7-3-2-4-8-13)21-20-16-14(11-18)19-12-23(16)15-9-5-6-10-25-15/h2-4,7-8,12,15H,5-6,9-10H2,1H3/b21-20+. The summed E-state index contributed by atoms with van der Waals surface area (Å²) in [7, 11) is 1.42. The van der Waals surface area contributed by atoms with Gasteiger partial charge >= 0.3 is 6.09 Å². The number of para-hydroxylation sites is 1. The second kappa shape index (κ2) is 8.22. The van der Waals surface area contributed by atoms with Crippen molar-refractivity contribution in [1.29, 1.82) is 5.26 Å². The Kier molecular flexibility index (Phi) is 5.56. The molecule has 2 aromatic rings. The first kappa shape index (κ1) is 17.6. The van der Waals surface area contributed by atoms with Crippen molar-refractivity contribution < 1.29 is 14.3 Å². The third kappa shape index (κ3) is 4.04. The monoisotopic (exact) mass is 354 g/mol. The van der Waals surface area contributed by atoms with Crippen molar-refractivity contribution in [3.8, 4) is 11.8 Å². The average Bonchev–Trinajstić information content (AvgIpc) is 3.10. The van der Waals surface area contributed by atoms with Gasteiger partial charge in [0.15, 0.2) is 11.5 Å². The maximum absolute atomic E-state index is 12.1. The number of hydrogen-bond acceptors (Lipinski definition) is 7. The maximum atomic E-state index is 12.1. The number of hydrogen-bond donors (Lipinski definition) is 0. The molecule has 1 saturated heterocycles. The lowest BCUT2D eigenvalue weighted by Gasteiger charge is -2.24. The summed E-state index contributed by atoms with van der Waals surface area (Å²) < 4.78 is 12.5. The Morgan fingerprint density at radius 1 is 1.42 bits per heavy atom. The van der Waals surface area contributed by atoms with E-state index in [-0.39, 0.29) is 17.7 Å². The summed E-state index contributed by atoms with van der Waals surface area (Å²) in [6.07, 6.45) is 3.39. The molecule has 1 aliphatic heterocycles. The van der Waals surface area contributed by atoms with Crippen LogP contribution in [-0.4, -0.2) is 34.3 Å². The van der Waals surface area contributed by atoms with Gasteiger partial charge in [-0.05, 0) is 31.4 Å².